The minimum atomic E-state index is -1.10. The number of carbonyl (C=O) groups is 1. The van der Waals surface area contributed by atoms with Gasteiger partial charge in [-0.2, -0.15) is 5.26 Å². The van der Waals surface area contributed by atoms with Gasteiger partial charge in [-0.15, -0.1) is 0 Å². The summed E-state index contributed by atoms with van der Waals surface area (Å²) in [5.41, 5.74) is -1.33. The van der Waals surface area contributed by atoms with E-state index in [-0.39, 0.29) is 5.69 Å². The van der Waals surface area contributed by atoms with Crippen LogP contribution in [-0.2, 0) is 4.79 Å². The Labute approximate surface area is 103 Å². The lowest BCUT2D eigenvalue weighted by Crippen LogP contribution is -2.45. The lowest BCUT2D eigenvalue weighted by atomic mass is 9.63. The summed E-state index contributed by atoms with van der Waals surface area (Å²) in [6, 6.07) is 4.78. The van der Waals surface area contributed by atoms with E-state index in [0.29, 0.717) is 18.8 Å². The fourth-order valence-corrected chi connectivity index (χ4v) is 2.29. The topological polar surface area (TPSA) is 52.9 Å². The van der Waals surface area contributed by atoms with Gasteiger partial charge in [0.25, 0.3) is 0 Å². The van der Waals surface area contributed by atoms with E-state index in [0.717, 1.165) is 18.2 Å². The molecule has 0 spiro atoms. The second-order valence-corrected chi connectivity index (χ2v) is 4.79. The minimum Gasteiger partial charge on any atom is -0.322 e. The van der Waals surface area contributed by atoms with Gasteiger partial charge in [-0.25, -0.2) is 8.78 Å². The third kappa shape index (κ3) is 2.06. The van der Waals surface area contributed by atoms with Crippen LogP contribution in [0.5, 0.6) is 0 Å². The summed E-state index contributed by atoms with van der Waals surface area (Å²) in [6.07, 6.45) is 0.901. The highest BCUT2D eigenvalue weighted by Crippen LogP contribution is 2.45. The van der Waals surface area contributed by atoms with Crippen LogP contribution in [0.15, 0.2) is 18.2 Å². The first-order valence-electron chi connectivity index (χ1n) is 5.64. The SMILES string of the molecule is CC1CC(C#N)(C(=O)Nc2cc(F)ccc2F)C1. The van der Waals surface area contributed by atoms with Crippen molar-refractivity contribution >= 4 is 11.6 Å². The molecule has 0 aliphatic heterocycles. The number of nitrogens with zero attached hydrogens (tertiary/aromatic N) is 1. The fraction of sp³-hybridized carbons (Fsp3) is 0.385. The number of benzene rings is 1. The molecule has 0 bridgehead atoms. The van der Waals surface area contributed by atoms with Gasteiger partial charge in [0.05, 0.1) is 11.8 Å². The molecule has 94 valence electrons. The van der Waals surface area contributed by atoms with Crippen LogP contribution in [0.3, 0.4) is 0 Å². The Kier molecular flexibility index (Phi) is 3.04. The first-order valence-corrected chi connectivity index (χ1v) is 5.64. The molecule has 1 fully saturated rings. The van der Waals surface area contributed by atoms with Crippen molar-refractivity contribution < 1.29 is 13.6 Å². The van der Waals surface area contributed by atoms with Gasteiger partial charge in [0.1, 0.15) is 17.0 Å². The third-order valence-corrected chi connectivity index (χ3v) is 3.22. The van der Waals surface area contributed by atoms with Gasteiger partial charge in [-0.05, 0) is 30.9 Å². The van der Waals surface area contributed by atoms with E-state index in [1.54, 1.807) is 0 Å². The summed E-state index contributed by atoms with van der Waals surface area (Å²) >= 11 is 0. The van der Waals surface area contributed by atoms with E-state index in [1.165, 1.54) is 0 Å². The Morgan fingerprint density at radius 1 is 1.50 bits per heavy atom. The van der Waals surface area contributed by atoms with Crippen LogP contribution < -0.4 is 5.32 Å². The van der Waals surface area contributed by atoms with E-state index < -0.39 is 23.0 Å². The maximum absolute atomic E-state index is 13.4. The molecule has 18 heavy (non-hydrogen) atoms. The molecule has 1 aromatic rings. The molecule has 0 aromatic heterocycles. The summed E-state index contributed by atoms with van der Waals surface area (Å²) in [6.45, 7) is 1.94. The Morgan fingerprint density at radius 2 is 2.17 bits per heavy atom. The molecule has 0 radical (unpaired) electrons. The molecule has 2 rings (SSSR count). The highest BCUT2D eigenvalue weighted by Gasteiger charge is 2.49. The molecule has 1 aliphatic rings. The molecule has 1 amide bonds. The molecular weight excluding hydrogens is 238 g/mol. The van der Waals surface area contributed by atoms with Crippen LogP contribution in [0.2, 0.25) is 0 Å². The maximum Gasteiger partial charge on any atom is 0.244 e. The molecule has 0 saturated heterocycles. The molecule has 3 nitrogen and oxygen atoms in total. The molecule has 0 atom stereocenters. The Morgan fingerprint density at radius 3 is 2.72 bits per heavy atom. The largest absolute Gasteiger partial charge is 0.322 e. The van der Waals surface area contributed by atoms with E-state index >= 15 is 0 Å². The monoisotopic (exact) mass is 250 g/mol. The number of amides is 1. The van der Waals surface area contributed by atoms with E-state index in [1.807, 2.05) is 13.0 Å². The molecule has 0 heterocycles. The molecule has 1 aliphatic carbocycles. The summed E-state index contributed by atoms with van der Waals surface area (Å²) in [5.74, 6) is -1.62. The lowest BCUT2D eigenvalue weighted by Gasteiger charge is -2.39. The number of carbonyl (C=O) groups excluding carboxylic acids is 1. The van der Waals surface area contributed by atoms with Crippen molar-refractivity contribution in [1.29, 1.82) is 5.26 Å². The Hall–Kier alpha value is -1.96. The number of halogens is 2. The number of anilines is 1. The number of nitrogens with one attached hydrogen (secondary N) is 1. The quantitative estimate of drug-likeness (QED) is 0.877. The van der Waals surface area contributed by atoms with Gasteiger partial charge in [0.2, 0.25) is 5.91 Å². The third-order valence-electron chi connectivity index (χ3n) is 3.22. The van der Waals surface area contributed by atoms with Crippen molar-refractivity contribution in [3.8, 4) is 6.07 Å². The van der Waals surface area contributed by atoms with E-state index in [4.69, 9.17) is 5.26 Å². The van der Waals surface area contributed by atoms with Gasteiger partial charge in [0.15, 0.2) is 0 Å². The fourth-order valence-electron chi connectivity index (χ4n) is 2.29. The van der Waals surface area contributed by atoms with Gasteiger partial charge >= 0.3 is 0 Å². The molecule has 1 aromatic carbocycles. The van der Waals surface area contributed by atoms with Crippen molar-refractivity contribution in [3.05, 3.63) is 29.8 Å². The summed E-state index contributed by atoms with van der Waals surface area (Å²) in [4.78, 5) is 11.9. The predicted octanol–water partition coefficient (Wildman–Crippen LogP) is 2.84. The zero-order chi connectivity index (χ0) is 13.3. The van der Waals surface area contributed by atoms with Crippen LogP contribution in [0.1, 0.15) is 19.8 Å². The molecule has 1 N–H and O–H groups in total. The average Bonchev–Trinajstić information content (AvgIpc) is 2.29. The average molecular weight is 250 g/mol. The highest BCUT2D eigenvalue weighted by atomic mass is 19.1. The summed E-state index contributed by atoms with van der Waals surface area (Å²) in [7, 11) is 0. The second kappa shape index (κ2) is 4.37. The smallest absolute Gasteiger partial charge is 0.244 e. The van der Waals surface area contributed by atoms with Crippen LogP contribution in [0, 0.1) is 34.3 Å². The number of rotatable bonds is 2. The second-order valence-electron chi connectivity index (χ2n) is 4.79. The number of nitriles is 1. The maximum atomic E-state index is 13.4. The predicted molar refractivity (Wildman–Crippen MR) is 61.4 cm³/mol. The van der Waals surface area contributed by atoms with Gasteiger partial charge in [0, 0.05) is 6.07 Å². The van der Waals surface area contributed by atoms with Gasteiger partial charge in [-0.1, -0.05) is 6.92 Å². The van der Waals surface area contributed by atoms with Crippen LogP contribution in [0.25, 0.3) is 0 Å². The van der Waals surface area contributed by atoms with Crippen molar-refractivity contribution in [2.24, 2.45) is 11.3 Å². The van der Waals surface area contributed by atoms with Crippen LogP contribution >= 0.6 is 0 Å². The first kappa shape index (κ1) is 12.5. The van der Waals surface area contributed by atoms with E-state index in [9.17, 15) is 13.6 Å². The number of hydrogen-bond donors (Lipinski definition) is 1. The molecular formula is C13H12F2N2O. The van der Waals surface area contributed by atoms with Crippen molar-refractivity contribution in [1.82, 2.24) is 0 Å². The summed E-state index contributed by atoms with van der Waals surface area (Å²) < 4.78 is 26.3. The Balaban J connectivity index is 2.17. The normalized spacial score (nSPS) is 26.0. The molecule has 0 unspecified atom stereocenters. The molecule has 1 saturated carbocycles. The summed E-state index contributed by atoms with van der Waals surface area (Å²) in [5, 5.41) is 11.3. The standard InChI is InChI=1S/C13H12F2N2O/c1-8-5-13(6-8,7-16)12(18)17-11-4-9(14)2-3-10(11)15/h2-4,8H,5-6H2,1H3,(H,17,18). The van der Waals surface area contributed by atoms with Crippen molar-refractivity contribution in [2.45, 2.75) is 19.8 Å². The number of hydrogen-bond acceptors (Lipinski definition) is 2. The van der Waals surface area contributed by atoms with Crippen molar-refractivity contribution in [3.63, 3.8) is 0 Å². The Bertz CT molecular complexity index is 530. The van der Waals surface area contributed by atoms with Crippen molar-refractivity contribution in [2.75, 3.05) is 5.32 Å². The van der Waals surface area contributed by atoms with E-state index in [2.05, 4.69) is 5.32 Å². The van der Waals surface area contributed by atoms with Crippen LogP contribution in [-0.4, -0.2) is 5.91 Å². The zero-order valence-electron chi connectivity index (χ0n) is 9.84. The molecule has 5 heteroatoms. The zero-order valence-corrected chi connectivity index (χ0v) is 9.84. The lowest BCUT2D eigenvalue weighted by molar-refractivity contribution is -0.128. The van der Waals surface area contributed by atoms with Gasteiger partial charge in [-0.3, -0.25) is 4.79 Å². The highest BCUT2D eigenvalue weighted by molar-refractivity contribution is 5.98. The van der Waals surface area contributed by atoms with Crippen LogP contribution in [0.4, 0.5) is 14.5 Å². The minimum absolute atomic E-state index is 0.228. The first-order chi connectivity index (χ1) is 8.47. The van der Waals surface area contributed by atoms with Gasteiger partial charge < -0.3 is 5.32 Å².